The Kier molecular flexibility index (Phi) is 9.52. The number of nitrogens with one attached hydrogen (secondary N) is 1. The average Bonchev–Trinajstić information content (AvgIpc) is 2.93. The van der Waals surface area contributed by atoms with Crippen LogP contribution in [0, 0.1) is 6.92 Å². The molecule has 10 heteroatoms. The van der Waals surface area contributed by atoms with Crippen LogP contribution in [0.4, 0.5) is 4.79 Å². The highest BCUT2D eigenvalue weighted by Gasteiger charge is 2.39. The van der Waals surface area contributed by atoms with E-state index in [1.54, 1.807) is 6.92 Å². The molecule has 0 atom stereocenters. The number of amides is 1. The van der Waals surface area contributed by atoms with Gasteiger partial charge in [-0.25, -0.2) is 9.78 Å². The number of aryl methyl sites for hydroxylation is 1. The summed E-state index contributed by atoms with van der Waals surface area (Å²) in [5.74, 6) is 0.574. The zero-order valence-corrected chi connectivity index (χ0v) is 16.9. The van der Waals surface area contributed by atoms with Gasteiger partial charge in [-0.1, -0.05) is 11.8 Å². The number of hydrogen-bond acceptors (Lipinski definition) is 7. The van der Waals surface area contributed by atoms with Crippen LogP contribution in [0.5, 0.6) is 0 Å². The smallest absolute Gasteiger partial charge is 0.374 e. The van der Waals surface area contributed by atoms with Gasteiger partial charge in [0.25, 0.3) is 0 Å². The summed E-state index contributed by atoms with van der Waals surface area (Å²) in [6.45, 7) is 9.69. The number of hydrogen-bond donors (Lipinski definition) is 1. The molecule has 1 rings (SSSR count). The lowest BCUT2D eigenvalue weighted by molar-refractivity contribution is 0.0708. The zero-order chi connectivity index (χ0) is 18.0. The average molecular weight is 377 g/mol. The van der Waals surface area contributed by atoms with Crippen molar-refractivity contribution in [2.24, 2.45) is 0 Å². The normalized spacial score (nSPS) is 11.7. The van der Waals surface area contributed by atoms with E-state index in [2.05, 4.69) is 15.4 Å². The number of nitrogens with zero attached hydrogens (tertiary/aromatic N) is 3. The molecule has 0 saturated carbocycles. The van der Waals surface area contributed by atoms with Gasteiger partial charge in [-0.15, -0.1) is 5.10 Å². The number of carbonyl (C=O) groups excluding carboxylic acids is 1. The topological polar surface area (TPSA) is 87.5 Å². The SMILES string of the molecule is CCO[Si](CCCNC(=O)n1nc(C)nc1SC)(OCC)OCC. The molecule has 0 fully saturated rings. The van der Waals surface area contributed by atoms with Crippen molar-refractivity contribution in [3.05, 3.63) is 5.82 Å². The van der Waals surface area contributed by atoms with E-state index in [0.29, 0.717) is 49.8 Å². The van der Waals surface area contributed by atoms with Crippen molar-refractivity contribution in [1.82, 2.24) is 20.1 Å². The van der Waals surface area contributed by atoms with Gasteiger partial charge < -0.3 is 18.6 Å². The van der Waals surface area contributed by atoms with Gasteiger partial charge in [0.1, 0.15) is 5.82 Å². The molecule has 1 amide bonds. The molecule has 1 aromatic rings. The van der Waals surface area contributed by atoms with Crippen LogP contribution in [0.1, 0.15) is 33.0 Å². The van der Waals surface area contributed by atoms with Crippen molar-refractivity contribution in [1.29, 1.82) is 0 Å². The minimum absolute atomic E-state index is 0.281. The third kappa shape index (κ3) is 6.17. The highest BCUT2D eigenvalue weighted by molar-refractivity contribution is 7.98. The molecule has 138 valence electrons. The van der Waals surface area contributed by atoms with E-state index in [-0.39, 0.29) is 6.03 Å². The van der Waals surface area contributed by atoms with Gasteiger partial charge >= 0.3 is 14.8 Å². The van der Waals surface area contributed by atoms with E-state index in [1.165, 1.54) is 16.4 Å². The third-order valence-electron chi connectivity index (χ3n) is 3.09. The predicted octanol–water partition coefficient (Wildman–Crippen LogP) is 2.30. The molecule has 0 aliphatic rings. The van der Waals surface area contributed by atoms with Gasteiger partial charge in [0, 0.05) is 32.4 Å². The molecule has 0 aliphatic carbocycles. The van der Waals surface area contributed by atoms with Crippen LogP contribution < -0.4 is 5.32 Å². The molecular formula is C14H28N4O4SSi. The van der Waals surface area contributed by atoms with Gasteiger partial charge in [-0.3, -0.25) is 0 Å². The molecule has 0 aliphatic heterocycles. The zero-order valence-electron chi connectivity index (χ0n) is 15.1. The number of carbonyl (C=O) groups is 1. The first-order chi connectivity index (χ1) is 11.5. The summed E-state index contributed by atoms with van der Waals surface area (Å²) in [5.41, 5.74) is 0. The fourth-order valence-electron chi connectivity index (χ4n) is 2.24. The summed E-state index contributed by atoms with van der Waals surface area (Å²) in [5, 5.41) is 7.53. The van der Waals surface area contributed by atoms with Crippen LogP contribution in [0.25, 0.3) is 0 Å². The van der Waals surface area contributed by atoms with Crippen LogP contribution in [-0.2, 0) is 13.3 Å². The highest BCUT2D eigenvalue weighted by Crippen LogP contribution is 2.18. The number of aromatic nitrogens is 3. The fourth-order valence-corrected chi connectivity index (χ4v) is 5.37. The highest BCUT2D eigenvalue weighted by atomic mass is 32.2. The minimum Gasteiger partial charge on any atom is -0.374 e. The Bertz CT molecular complexity index is 498. The Morgan fingerprint density at radius 3 is 2.29 bits per heavy atom. The van der Waals surface area contributed by atoms with Gasteiger partial charge in [-0.2, -0.15) is 4.68 Å². The molecule has 0 saturated heterocycles. The van der Waals surface area contributed by atoms with Gasteiger partial charge in [0.05, 0.1) is 0 Å². The molecule has 0 unspecified atom stereocenters. The number of thioether (sulfide) groups is 1. The summed E-state index contributed by atoms with van der Waals surface area (Å²) in [7, 11) is -2.65. The van der Waals surface area contributed by atoms with Crippen molar-refractivity contribution < 1.29 is 18.1 Å². The van der Waals surface area contributed by atoms with Crippen LogP contribution in [0.15, 0.2) is 5.16 Å². The molecule has 0 aromatic carbocycles. The summed E-state index contributed by atoms with van der Waals surface area (Å²) in [4.78, 5) is 16.4. The number of rotatable bonds is 11. The summed E-state index contributed by atoms with van der Waals surface area (Å²) >= 11 is 1.38. The Morgan fingerprint density at radius 2 is 1.79 bits per heavy atom. The quantitative estimate of drug-likeness (QED) is 0.360. The Hall–Kier alpha value is -0.943. The summed E-state index contributed by atoms with van der Waals surface area (Å²) in [6.07, 6.45) is 2.57. The van der Waals surface area contributed by atoms with Gasteiger partial charge in [0.15, 0.2) is 5.16 Å². The van der Waals surface area contributed by atoms with Crippen LogP contribution in [0.2, 0.25) is 6.04 Å². The maximum Gasteiger partial charge on any atom is 0.500 e. The van der Waals surface area contributed by atoms with Gasteiger partial charge in [0.2, 0.25) is 0 Å². The Balaban J connectivity index is 2.53. The molecule has 24 heavy (non-hydrogen) atoms. The standard InChI is InChI=1S/C14H28N4O4SSi/c1-6-20-24(21-7-2,22-8-3)11-9-10-15-13(19)18-14(23-5)16-12(4)17-18/h6-11H2,1-5H3,(H,15,19). The van der Waals surface area contributed by atoms with Crippen molar-refractivity contribution >= 4 is 26.6 Å². The Labute approximate surface area is 149 Å². The van der Waals surface area contributed by atoms with E-state index in [1.807, 2.05) is 27.0 Å². The van der Waals surface area contributed by atoms with E-state index in [9.17, 15) is 4.79 Å². The van der Waals surface area contributed by atoms with E-state index < -0.39 is 8.80 Å². The second kappa shape index (κ2) is 10.8. The van der Waals surface area contributed by atoms with Crippen LogP contribution in [-0.4, -0.2) is 62.2 Å². The monoisotopic (exact) mass is 376 g/mol. The molecule has 0 radical (unpaired) electrons. The molecule has 1 heterocycles. The second-order valence-corrected chi connectivity index (χ2v) is 8.38. The minimum atomic E-state index is -2.65. The first-order valence-electron chi connectivity index (χ1n) is 8.19. The van der Waals surface area contributed by atoms with E-state index in [4.69, 9.17) is 13.3 Å². The van der Waals surface area contributed by atoms with Crippen molar-refractivity contribution in [3.63, 3.8) is 0 Å². The maximum absolute atomic E-state index is 12.2. The first-order valence-corrected chi connectivity index (χ1v) is 11.3. The van der Waals surface area contributed by atoms with E-state index >= 15 is 0 Å². The molecule has 0 spiro atoms. The lowest BCUT2D eigenvalue weighted by Crippen LogP contribution is -2.46. The summed E-state index contributed by atoms with van der Waals surface area (Å²) < 4.78 is 18.7. The fraction of sp³-hybridized carbons (Fsp3) is 0.786. The molecule has 8 nitrogen and oxygen atoms in total. The van der Waals surface area contributed by atoms with Crippen molar-refractivity contribution in [3.8, 4) is 0 Å². The largest absolute Gasteiger partial charge is 0.500 e. The lowest BCUT2D eigenvalue weighted by atomic mass is 10.5. The Morgan fingerprint density at radius 1 is 1.21 bits per heavy atom. The third-order valence-corrected chi connectivity index (χ3v) is 6.87. The van der Waals surface area contributed by atoms with Crippen molar-refractivity contribution in [2.45, 2.75) is 45.3 Å². The van der Waals surface area contributed by atoms with Crippen LogP contribution >= 0.6 is 11.8 Å². The second-order valence-electron chi connectivity index (χ2n) is 4.88. The molecular weight excluding hydrogens is 348 g/mol. The van der Waals surface area contributed by atoms with E-state index in [0.717, 1.165) is 0 Å². The molecule has 1 aromatic heterocycles. The summed E-state index contributed by atoms with van der Waals surface area (Å²) in [6, 6.07) is 0.380. The first kappa shape index (κ1) is 21.1. The molecule has 0 bridgehead atoms. The molecule has 1 N–H and O–H groups in total. The van der Waals surface area contributed by atoms with Crippen LogP contribution in [0.3, 0.4) is 0 Å². The predicted molar refractivity (Wildman–Crippen MR) is 95.4 cm³/mol. The van der Waals surface area contributed by atoms with Crippen molar-refractivity contribution in [2.75, 3.05) is 32.6 Å². The van der Waals surface area contributed by atoms with Gasteiger partial charge in [-0.05, 0) is 40.4 Å². The maximum atomic E-state index is 12.2. The lowest BCUT2D eigenvalue weighted by Gasteiger charge is -2.28.